The number of benzene rings is 2. The molecular weight excluding hydrogens is 342 g/mol. The van der Waals surface area contributed by atoms with E-state index in [0.29, 0.717) is 21.7 Å². The van der Waals surface area contributed by atoms with Gasteiger partial charge in [0.2, 0.25) is 11.6 Å². The number of hydrogen-bond acceptors (Lipinski definition) is 4. The van der Waals surface area contributed by atoms with E-state index >= 15 is 0 Å². The van der Waals surface area contributed by atoms with Crippen LogP contribution in [-0.2, 0) is 0 Å². The van der Waals surface area contributed by atoms with E-state index < -0.39 is 0 Å². The third-order valence-electron chi connectivity index (χ3n) is 4.48. The van der Waals surface area contributed by atoms with Gasteiger partial charge in [0.25, 0.3) is 0 Å². The molecule has 0 saturated carbocycles. The molecule has 26 heavy (non-hydrogen) atoms. The molecule has 2 aromatic rings. The highest BCUT2D eigenvalue weighted by Gasteiger charge is 2.32. The molecule has 3 nitrogen and oxygen atoms in total. The van der Waals surface area contributed by atoms with Crippen LogP contribution in [0.2, 0.25) is 0 Å². The molecule has 4 heteroatoms. The Morgan fingerprint density at radius 1 is 0.923 bits per heavy atom. The highest BCUT2D eigenvalue weighted by atomic mass is 32.2. The monoisotopic (exact) mass is 365 g/mol. The molecule has 1 atom stereocenters. The van der Waals surface area contributed by atoms with Gasteiger partial charge in [-0.15, -0.1) is 11.8 Å². The molecule has 0 aliphatic heterocycles. The summed E-state index contributed by atoms with van der Waals surface area (Å²) in [7, 11) is 0. The molecule has 1 aliphatic carbocycles. The molecule has 134 valence electrons. The first-order valence-corrected chi connectivity index (χ1v) is 9.99. The van der Waals surface area contributed by atoms with Crippen LogP contribution in [0.5, 0.6) is 0 Å². The summed E-state index contributed by atoms with van der Waals surface area (Å²) in [4.78, 5) is 26.6. The second-order valence-electron chi connectivity index (χ2n) is 6.39. The largest absolute Gasteiger partial charge is 0.374 e. The highest BCUT2D eigenvalue weighted by molar-refractivity contribution is 8.04. The molecule has 0 saturated heterocycles. The molecule has 1 N–H and O–H groups in total. The third kappa shape index (κ3) is 3.75. The van der Waals surface area contributed by atoms with E-state index in [4.69, 9.17) is 0 Å². The maximum Gasteiger partial charge on any atom is 0.210 e. The van der Waals surface area contributed by atoms with Crippen molar-refractivity contribution in [2.45, 2.75) is 32.7 Å². The summed E-state index contributed by atoms with van der Waals surface area (Å²) in [5, 5.41) is 3.32. The van der Waals surface area contributed by atoms with Crippen molar-refractivity contribution in [3.63, 3.8) is 0 Å². The summed E-state index contributed by atoms with van der Waals surface area (Å²) < 4.78 is 0. The zero-order valence-corrected chi connectivity index (χ0v) is 15.9. The van der Waals surface area contributed by atoms with Crippen molar-refractivity contribution < 1.29 is 9.59 Å². The van der Waals surface area contributed by atoms with Crippen molar-refractivity contribution in [2.75, 3.05) is 5.75 Å². The van der Waals surface area contributed by atoms with Crippen molar-refractivity contribution in [2.24, 2.45) is 0 Å². The van der Waals surface area contributed by atoms with E-state index in [0.717, 1.165) is 24.2 Å². The first-order chi connectivity index (χ1) is 12.6. The Labute approximate surface area is 158 Å². The average Bonchev–Trinajstić information content (AvgIpc) is 2.68. The number of rotatable bonds is 7. The van der Waals surface area contributed by atoms with Crippen LogP contribution >= 0.6 is 11.8 Å². The van der Waals surface area contributed by atoms with Crippen molar-refractivity contribution >= 4 is 23.3 Å². The average molecular weight is 365 g/mol. The Bertz CT molecular complexity index is 842. The van der Waals surface area contributed by atoms with E-state index in [1.165, 1.54) is 11.8 Å². The van der Waals surface area contributed by atoms with Gasteiger partial charge in [-0.3, -0.25) is 9.59 Å². The lowest BCUT2D eigenvalue weighted by Gasteiger charge is -2.24. The molecule has 3 rings (SSSR count). The molecule has 1 aliphatic rings. The predicted octanol–water partition coefficient (Wildman–Crippen LogP) is 5.16. The lowest BCUT2D eigenvalue weighted by Crippen LogP contribution is -2.31. The van der Waals surface area contributed by atoms with Gasteiger partial charge >= 0.3 is 0 Å². The van der Waals surface area contributed by atoms with Crippen LogP contribution in [-0.4, -0.2) is 17.3 Å². The summed E-state index contributed by atoms with van der Waals surface area (Å²) in [5.74, 6) is 0.684. The molecule has 0 spiro atoms. The predicted molar refractivity (Wildman–Crippen MR) is 107 cm³/mol. The van der Waals surface area contributed by atoms with Gasteiger partial charge in [-0.2, -0.15) is 0 Å². The number of allylic oxidation sites excluding steroid dienone is 2. The summed E-state index contributed by atoms with van der Waals surface area (Å²) in [6, 6.07) is 17.0. The molecule has 0 heterocycles. The van der Waals surface area contributed by atoms with Crippen molar-refractivity contribution in [3.8, 4) is 0 Å². The van der Waals surface area contributed by atoms with Gasteiger partial charge in [-0.1, -0.05) is 67.9 Å². The standard InChI is InChI=1S/C22H23NO2S/c1-3-4-14-26-22-19(23-15(2)16-10-6-5-7-11-16)20(24)17-12-8-9-13-18(17)21(22)25/h5-13,15,23H,3-4,14H2,1-2H3. The lowest BCUT2D eigenvalue weighted by atomic mass is 9.92. The molecule has 0 amide bonds. The van der Waals surface area contributed by atoms with Gasteiger partial charge in [0.1, 0.15) is 5.70 Å². The molecule has 1 unspecified atom stereocenters. The molecule has 2 aromatic carbocycles. The maximum absolute atomic E-state index is 13.1. The molecular formula is C22H23NO2S. The zero-order chi connectivity index (χ0) is 18.5. The number of Topliss-reactive ketones (excluding diaryl/α,β-unsaturated/α-hetero) is 2. The van der Waals surface area contributed by atoms with Crippen LogP contribution in [0.3, 0.4) is 0 Å². The Morgan fingerprint density at radius 2 is 1.54 bits per heavy atom. The topological polar surface area (TPSA) is 46.2 Å². The number of hydrogen-bond donors (Lipinski definition) is 1. The van der Waals surface area contributed by atoms with Crippen LogP contribution in [0.15, 0.2) is 65.2 Å². The highest BCUT2D eigenvalue weighted by Crippen LogP contribution is 2.33. The van der Waals surface area contributed by atoms with E-state index in [2.05, 4.69) is 12.2 Å². The fourth-order valence-electron chi connectivity index (χ4n) is 2.98. The van der Waals surface area contributed by atoms with Gasteiger partial charge in [0.05, 0.1) is 4.91 Å². The smallest absolute Gasteiger partial charge is 0.210 e. The normalized spacial score (nSPS) is 15.0. The number of thioether (sulfide) groups is 1. The Kier molecular flexibility index (Phi) is 5.94. The van der Waals surface area contributed by atoms with Gasteiger partial charge in [-0.25, -0.2) is 0 Å². The Hall–Kier alpha value is -2.33. The van der Waals surface area contributed by atoms with Gasteiger partial charge in [0, 0.05) is 17.2 Å². The number of unbranched alkanes of at least 4 members (excludes halogenated alkanes) is 1. The van der Waals surface area contributed by atoms with Crippen LogP contribution in [0.25, 0.3) is 0 Å². The van der Waals surface area contributed by atoms with Crippen LogP contribution in [0.4, 0.5) is 0 Å². The first kappa shape index (κ1) is 18.5. The molecule has 0 aromatic heterocycles. The van der Waals surface area contributed by atoms with Gasteiger partial charge in [0.15, 0.2) is 0 Å². The number of carbonyl (C=O) groups excluding carboxylic acids is 2. The summed E-state index contributed by atoms with van der Waals surface area (Å²) in [6.45, 7) is 4.13. The van der Waals surface area contributed by atoms with E-state index in [9.17, 15) is 9.59 Å². The number of carbonyl (C=O) groups is 2. The SMILES string of the molecule is CCCCSC1=C(NC(C)c2ccccc2)C(=O)c2ccccc2C1=O. The van der Waals surface area contributed by atoms with E-state index in [-0.39, 0.29) is 17.6 Å². The van der Waals surface area contributed by atoms with Crippen LogP contribution in [0, 0.1) is 0 Å². The Morgan fingerprint density at radius 3 is 2.19 bits per heavy atom. The molecule has 0 radical (unpaired) electrons. The Balaban J connectivity index is 1.96. The fourth-order valence-corrected chi connectivity index (χ4v) is 4.16. The summed E-state index contributed by atoms with van der Waals surface area (Å²) in [6.07, 6.45) is 2.07. The van der Waals surface area contributed by atoms with E-state index in [1.54, 1.807) is 18.2 Å². The number of ketones is 2. The van der Waals surface area contributed by atoms with Crippen molar-refractivity contribution in [1.82, 2.24) is 5.32 Å². The van der Waals surface area contributed by atoms with Crippen LogP contribution in [0.1, 0.15) is 59.0 Å². The lowest BCUT2D eigenvalue weighted by molar-refractivity contribution is 0.0974. The minimum atomic E-state index is -0.0954. The van der Waals surface area contributed by atoms with Gasteiger partial charge < -0.3 is 5.32 Å². The number of nitrogens with one attached hydrogen (secondary N) is 1. The summed E-state index contributed by atoms with van der Waals surface area (Å²) in [5.41, 5.74) is 2.51. The second-order valence-corrected chi connectivity index (χ2v) is 7.49. The second kappa shape index (κ2) is 8.37. The van der Waals surface area contributed by atoms with Crippen molar-refractivity contribution in [1.29, 1.82) is 0 Å². The molecule has 0 fully saturated rings. The first-order valence-electron chi connectivity index (χ1n) is 9.00. The molecule has 0 bridgehead atoms. The fraction of sp³-hybridized carbons (Fsp3) is 0.273. The quantitative estimate of drug-likeness (QED) is 0.688. The van der Waals surface area contributed by atoms with E-state index in [1.807, 2.05) is 43.3 Å². The van der Waals surface area contributed by atoms with Gasteiger partial charge in [-0.05, 0) is 24.7 Å². The van der Waals surface area contributed by atoms with Crippen molar-refractivity contribution in [3.05, 3.63) is 81.9 Å². The zero-order valence-electron chi connectivity index (χ0n) is 15.1. The minimum absolute atomic E-state index is 0.0518. The summed E-state index contributed by atoms with van der Waals surface area (Å²) >= 11 is 1.49. The minimum Gasteiger partial charge on any atom is -0.374 e. The number of fused-ring (bicyclic) bond motifs is 1. The third-order valence-corrected chi connectivity index (χ3v) is 5.65. The van der Waals surface area contributed by atoms with Crippen LogP contribution < -0.4 is 5.32 Å². The maximum atomic E-state index is 13.1.